The lowest BCUT2D eigenvalue weighted by Gasteiger charge is -2.18. The molecule has 0 aromatic carbocycles. The van der Waals surface area contributed by atoms with E-state index >= 15 is 0 Å². The molecule has 296 valence electrons. The van der Waals surface area contributed by atoms with Crippen LogP contribution in [0.5, 0.6) is 0 Å². The molecule has 51 heavy (non-hydrogen) atoms. The van der Waals surface area contributed by atoms with Crippen molar-refractivity contribution in [2.24, 2.45) is 0 Å². The second kappa shape index (κ2) is 40.4. The maximum Gasteiger partial charge on any atom is 0.306 e. The van der Waals surface area contributed by atoms with E-state index in [-0.39, 0.29) is 31.1 Å². The molecular formula is C45H80O6. The Hall–Kier alpha value is -2.37. The van der Waals surface area contributed by atoms with Crippen LogP contribution >= 0.6 is 0 Å². The molecule has 0 N–H and O–H groups in total. The fourth-order valence-corrected chi connectivity index (χ4v) is 5.74. The molecule has 0 aliphatic heterocycles. The minimum atomic E-state index is -0.777. The quantitative estimate of drug-likeness (QED) is 0.0274. The third-order valence-corrected chi connectivity index (χ3v) is 9.09. The summed E-state index contributed by atoms with van der Waals surface area (Å²) in [6, 6.07) is 0. The molecule has 0 aliphatic rings. The van der Waals surface area contributed by atoms with Crippen LogP contribution in [0.15, 0.2) is 36.5 Å². The second-order valence-corrected chi connectivity index (χ2v) is 14.2. The van der Waals surface area contributed by atoms with Crippen molar-refractivity contribution in [3.05, 3.63) is 36.5 Å². The number of carbonyl (C=O) groups is 3. The van der Waals surface area contributed by atoms with Crippen molar-refractivity contribution in [3.8, 4) is 0 Å². The first-order valence-electron chi connectivity index (χ1n) is 21.5. The average molecular weight is 717 g/mol. The SMILES string of the molecule is CCCCC=CCCCCCCCC(=O)OCC(COC(=O)CCCCCCCC=CCCCC)OC(=O)CCCCCCCC=CCCCC. The molecule has 0 unspecified atom stereocenters. The van der Waals surface area contributed by atoms with Gasteiger partial charge in [-0.2, -0.15) is 0 Å². The zero-order valence-corrected chi connectivity index (χ0v) is 33.6. The van der Waals surface area contributed by atoms with E-state index in [0.29, 0.717) is 19.3 Å². The fraction of sp³-hybridized carbons (Fsp3) is 0.800. The molecule has 0 fully saturated rings. The van der Waals surface area contributed by atoms with Crippen molar-refractivity contribution < 1.29 is 28.6 Å². The van der Waals surface area contributed by atoms with Crippen LogP contribution in [-0.4, -0.2) is 37.2 Å². The lowest BCUT2D eigenvalue weighted by atomic mass is 10.1. The van der Waals surface area contributed by atoms with Crippen LogP contribution in [0.4, 0.5) is 0 Å². The summed E-state index contributed by atoms with van der Waals surface area (Å²) >= 11 is 0. The molecule has 0 aliphatic carbocycles. The summed E-state index contributed by atoms with van der Waals surface area (Å²) in [4.78, 5) is 37.6. The van der Waals surface area contributed by atoms with Gasteiger partial charge in [-0.15, -0.1) is 0 Å². The first kappa shape index (κ1) is 48.6. The largest absolute Gasteiger partial charge is 0.462 e. The van der Waals surface area contributed by atoms with E-state index in [1.807, 2.05) is 0 Å². The predicted molar refractivity (Wildman–Crippen MR) is 215 cm³/mol. The molecule has 0 radical (unpaired) electrons. The molecule has 0 saturated heterocycles. The third-order valence-electron chi connectivity index (χ3n) is 9.09. The van der Waals surface area contributed by atoms with Crippen molar-refractivity contribution in [3.63, 3.8) is 0 Å². The smallest absolute Gasteiger partial charge is 0.306 e. The zero-order valence-electron chi connectivity index (χ0n) is 33.6. The topological polar surface area (TPSA) is 78.9 Å². The molecule has 0 heterocycles. The fourth-order valence-electron chi connectivity index (χ4n) is 5.74. The highest BCUT2D eigenvalue weighted by Gasteiger charge is 2.19. The number of hydrogen-bond acceptors (Lipinski definition) is 6. The Labute approximate surface area is 315 Å². The third kappa shape index (κ3) is 38.7. The van der Waals surface area contributed by atoms with Gasteiger partial charge in [-0.25, -0.2) is 0 Å². The van der Waals surface area contributed by atoms with E-state index in [4.69, 9.17) is 14.2 Å². The maximum absolute atomic E-state index is 12.7. The first-order chi connectivity index (χ1) is 25.0. The summed E-state index contributed by atoms with van der Waals surface area (Å²) in [5.41, 5.74) is 0. The van der Waals surface area contributed by atoms with Crippen LogP contribution in [0.1, 0.15) is 213 Å². The van der Waals surface area contributed by atoms with Crippen LogP contribution in [0.2, 0.25) is 0 Å². The summed E-state index contributed by atoms with van der Waals surface area (Å²) < 4.78 is 16.6. The molecule has 0 rings (SSSR count). The molecular weight excluding hydrogens is 636 g/mol. The van der Waals surface area contributed by atoms with Crippen LogP contribution in [0.3, 0.4) is 0 Å². The second-order valence-electron chi connectivity index (χ2n) is 14.2. The predicted octanol–water partition coefficient (Wildman–Crippen LogP) is 13.4. The summed E-state index contributed by atoms with van der Waals surface area (Å²) in [6.45, 7) is 6.48. The van der Waals surface area contributed by atoms with E-state index in [1.54, 1.807) is 0 Å². The summed E-state index contributed by atoms with van der Waals surface area (Å²) in [7, 11) is 0. The molecule has 0 amide bonds. The van der Waals surface area contributed by atoms with Crippen LogP contribution in [0.25, 0.3) is 0 Å². The van der Waals surface area contributed by atoms with Gasteiger partial charge in [0.05, 0.1) is 0 Å². The summed E-state index contributed by atoms with van der Waals surface area (Å²) in [5, 5.41) is 0. The Balaban J connectivity index is 4.41. The van der Waals surface area contributed by atoms with Crippen molar-refractivity contribution in [1.29, 1.82) is 0 Å². The van der Waals surface area contributed by atoms with E-state index in [2.05, 4.69) is 57.2 Å². The van der Waals surface area contributed by atoms with Gasteiger partial charge in [-0.05, 0) is 77.0 Å². The monoisotopic (exact) mass is 717 g/mol. The van der Waals surface area contributed by atoms with Crippen LogP contribution in [0, 0.1) is 0 Å². The maximum atomic E-state index is 12.7. The van der Waals surface area contributed by atoms with Gasteiger partial charge >= 0.3 is 17.9 Å². The Morgan fingerprint density at radius 3 is 0.980 bits per heavy atom. The Morgan fingerprint density at radius 2 is 0.647 bits per heavy atom. The summed E-state index contributed by atoms with van der Waals surface area (Å²) in [5.74, 6) is -0.915. The highest BCUT2D eigenvalue weighted by Crippen LogP contribution is 2.13. The van der Waals surface area contributed by atoms with Crippen molar-refractivity contribution in [1.82, 2.24) is 0 Å². The van der Waals surface area contributed by atoms with Gasteiger partial charge < -0.3 is 14.2 Å². The minimum absolute atomic E-state index is 0.0825. The van der Waals surface area contributed by atoms with E-state index in [9.17, 15) is 14.4 Å². The van der Waals surface area contributed by atoms with Crippen molar-refractivity contribution >= 4 is 17.9 Å². The number of carbonyl (C=O) groups excluding carboxylic acids is 3. The van der Waals surface area contributed by atoms with Gasteiger partial charge in [0.25, 0.3) is 0 Å². The van der Waals surface area contributed by atoms with E-state index in [1.165, 1.54) is 89.9 Å². The van der Waals surface area contributed by atoms with Gasteiger partial charge in [0.15, 0.2) is 6.10 Å². The Bertz CT molecular complexity index is 828. The number of allylic oxidation sites excluding steroid dienone is 6. The molecule has 0 aromatic heterocycles. The number of ether oxygens (including phenoxy) is 3. The lowest BCUT2D eigenvalue weighted by Crippen LogP contribution is -2.30. The minimum Gasteiger partial charge on any atom is -0.462 e. The highest BCUT2D eigenvalue weighted by molar-refractivity contribution is 5.71. The molecule has 6 heteroatoms. The molecule has 6 nitrogen and oxygen atoms in total. The first-order valence-corrected chi connectivity index (χ1v) is 21.5. The lowest BCUT2D eigenvalue weighted by molar-refractivity contribution is -0.167. The number of esters is 3. The van der Waals surface area contributed by atoms with Crippen molar-refractivity contribution in [2.45, 2.75) is 219 Å². The number of rotatable bonds is 38. The highest BCUT2D eigenvalue weighted by atomic mass is 16.6. The molecule has 0 saturated carbocycles. The molecule has 0 atom stereocenters. The molecule has 0 aromatic rings. The Kier molecular flexibility index (Phi) is 38.5. The number of hydrogen-bond donors (Lipinski definition) is 0. The van der Waals surface area contributed by atoms with Crippen LogP contribution < -0.4 is 0 Å². The van der Waals surface area contributed by atoms with Gasteiger partial charge in [-0.1, -0.05) is 154 Å². The van der Waals surface area contributed by atoms with Gasteiger partial charge in [0.1, 0.15) is 13.2 Å². The van der Waals surface area contributed by atoms with Crippen LogP contribution in [-0.2, 0) is 28.6 Å². The van der Waals surface area contributed by atoms with E-state index < -0.39 is 6.10 Å². The van der Waals surface area contributed by atoms with Gasteiger partial charge in [-0.3, -0.25) is 14.4 Å². The van der Waals surface area contributed by atoms with Gasteiger partial charge in [0, 0.05) is 19.3 Å². The Morgan fingerprint density at radius 1 is 0.373 bits per heavy atom. The molecule has 0 bridgehead atoms. The molecule has 0 spiro atoms. The standard InChI is InChI=1S/C45H80O6/c1-4-7-10-13-16-19-22-25-28-31-34-37-43(46)49-40-42(51-45(48)39-36-33-30-27-24-21-18-15-12-9-6-3)41-50-44(47)38-35-32-29-26-23-20-17-14-11-8-5-2/h13-18,42H,4-12,19-41H2,1-3H3. The normalized spacial score (nSPS) is 12.3. The van der Waals surface area contributed by atoms with Crippen molar-refractivity contribution in [2.75, 3.05) is 13.2 Å². The average Bonchev–Trinajstić information content (AvgIpc) is 3.12. The number of unbranched alkanes of at least 4 members (excludes halogenated alkanes) is 21. The van der Waals surface area contributed by atoms with E-state index in [0.717, 1.165) is 83.5 Å². The van der Waals surface area contributed by atoms with Gasteiger partial charge in [0.2, 0.25) is 0 Å². The summed E-state index contributed by atoms with van der Waals surface area (Å²) in [6.07, 6.45) is 44.1. The zero-order chi connectivity index (χ0) is 37.3.